The third-order valence-corrected chi connectivity index (χ3v) is 4.75. The van der Waals surface area contributed by atoms with E-state index in [1.165, 1.54) is 12.8 Å². The van der Waals surface area contributed by atoms with Crippen LogP contribution in [-0.4, -0.2) is 52.0 Å². The fourth-order valence-electron chi connectivity index (χ4n) is 3.43. The van der Waals surface area contributed by atoms with Crippen molar-refractivity contribution in [2.45, 2.75) is 12.8 Å². The predicted molar refractivity (Wildman–Crippen MR) is 109 cm³/mol. The van der Waals surface area contributed by atoms with Crippen molar-refractivity contribution in [2.24, 2.45) is 0 Å². The Hall–Kier alpha value is -3.17. The number of benzene rings is 2. The second-order valence-corrected chi connectivity index (χ2v) is 6.48. The molecule has 3 aromatic rings. The SMILES string of the molecule is Nc1cnnc2cc(-c3cc(B(O)O)ccc3N3CCCC3)ccc12.O=CO. The first-order chi connectivity index (χ1) is 13.5. The van der Waals surface area contributed by atoms with Gasteiger partial charge in [-0.2, -0.15) is 10.2 Å². The van der Waals surface area contributed by atoms with Crippen LogP contribution in [-0.2, 0) is 4.79 Å². The summed E-state index contributed by atoms with van der Waals surface area (Å²) in [4.78, 5) is 10.7. The van der Waals surface area contributed by atoms with E-state index in [1.54, 1.807) is 12.3 Å². The van der Waals surface area contributed by atoms with E-state index in [1.807, 2.05) is 30.3 Å². The molecule has 0 saturated carbocycles. The molecule has 9 heteroatoms. The van der Waals surface area contributed by atoms with E-state index in [0.29, 0.717) is 11.2 Å². The molecule has 1 aliphatic rings. The van der Waals surface area contributed by atoms with Crippen LogP contribution >= 0.6 is 0 Å². The van der Waals surface area contributed by atoms with E-state index in [2.05, 4.69) is 15.1 Å². The molecule has 0 radical (unpaired) electrons. The van der Waals surface area contributed by atoms with Crippen molar-refractivity contribution < 1.29 is 19.9 Å². The molecule has 1 aliphatic heterocycles. The number of nitrogens with zero attached hydrogens (tertiary/aromatic N) is 3. The van der Waals surface area contributed by atoms with E-state index in [0.717, 1.165) is 40.8 Å². The zero-order valence-corrected chi connectivity index (χ0v) is 15.2. The molecule has 4 rings (SSSR count). The Kier molecular flexibility index (Phi) is 6.08. The van der Waals surface area contributed by atoms with Gasteiger partial charge in [0.05, 0.1) is 17.4 Å². The van der Waals surface area contributed by atoms with Crippen molar-refractivity contribution in [3.05, 3.63) is 42.6 Å². The quantitative estimate of drug-likeness (QED) is 0.389. The molecule has 2 heterocycles. The van der Waals surface area contributed by atoms with Crippen LogP contribution in [0.5, 0.6) is 0 Å². The highest BCUT2D eigenvalue weighted by Crippen LogP contribution is 2.34. The molecule has 0 bridgehead atoms. The molecule has 28 heavy (non-hydrogen) atoms. The highest BCUT2D eigenvalue weighted by molar-refractivity contribution is 6.58. The Balaban J connectivity index is 0.000000706. The molecule has 144 valence electrons. The first-order valence-corrected chi connectivity index (χ1v) is 8.89. The molecule has 8 nitrogen and oxygen atoms in total. The van der Waals surface area contributed by atoms with Crippen molar-refractivity contribution in [2.75, 3.05) is 23.7 Å². The third-order valence-electron chi connectivity index (χ3n) is 4.75. The van der Waals surface area contributed by atoms with Crippen LogP contribution in [0.1, 0.15) is 12.8 Å². The van der Waals surface area contributed by atoms with Gasteiger partial charge in [-0.3, -0.25) is 4.79 Å². The maximum absolute atomic E-state index is 9.56. The van der Waals surface area contributed by atoms with Crippen molar-refractivity contribution in [3.63, 3.8) is 0 Å². The number of rotatable bonds is 3. The lowest BCUT2D eigenvalue weighted by molar-refractivity contribution is -0.122. The third kappa shape index (κ3) is 4.05. The van der Waals surface area contributed by atoms with Gasteiger partial charge in [0.1, 0.15) is 0 Å². The van der Waals surface area contributed by atoms with E-state index in [9.17, 15) is 10.0 Å². The maximum Gasteiger partial charge on any atom is 0.488 e. The van der Waals surface area contributed by atoms with E-state index in [4.69, 9.17) is 15.6 Å². The summed E-state index contributed by atoms with van der Waals surface area (Å²) in [5.74, 6) is 0. The molecule has 5 N–H and O–H groups in total. The normalized spacial score (nSPS) is 13.1. The zero-order valence-electron chi connectivity index (χ0n) is 15.2. The summed E-state index contributed by atoms with van der Waals surface area (Å²) in [7, 11) is -1.50. The molecule has 1 fully saturated rings. The molecular weight excluding hydrogens is 359 g/mol. The van der Waals surface area contributed by atoms with Crippen LogP contribution in [0.4, 0.5) is 11.4 Å². The molecule has 0 amide bonds. The molecule has 2 aromatic carbocycles. The topological polar surface area (TPSA) is 133 Å². The molecular formula is C19H21BN4O4. The fourth-order valence-corrected chi connectivity index (χ4v) is 3.43. The average Bonchev–Trinajstić information content (AvgIpc) is 3.22. The minimum absolute atomic E-state index is 0.250. The molecule has 0 aliphatic carbocycles. The number of hydrogen-bond acceptors (Lipinski definition) is 7. The van der Waals surface area contributed by atoms with Gasteiger partial charge in [0.25, 0.3) is 6.47 Å². The lowest BCUT2D eigenvalue weighted by Gasteiger charge is -2.22. The van der Waals surface area contributed by atoms with Crippen molar-refractivity contribution in [1.82, 2.24) is 10.2 Å². The summed E-state index contributed by atoms with van der Waals surface area (Å²) in [5.41, 5.74) is 10.8. The number of aromatic nitrogens is 2. The van der Waals surface area contributed by atoms with E-state index >= 15 is 0 Å². The lowest BCUT2D eigenvalue weighted by Crippen LogP contribution is -2.30. The summed E-state index contributed by atoms with van der Waals surface area (Å²) in [6.45, 7) is 1.77. The fraction of sp³-hybridized carbons (Fsp3) is 0.211. The Morgan fingerprint density at radius 3 is 2.50 bits per heavy atom. The number of hydrogen-bond donors (Lipinski definition) is 4. The number of nitrogen functional groups attached to an aromatic ring is 1. The van der Waals surface area contributed by atoms with Gasteiger partial charge >= 0.3 is 7.12 Å². The second kappa shape index (κ2) is 8.68. The minimum Gasteiger partial charge on any atom is -0.483 e. The van der Waals surface area contributed by atoms with Gasteiger partial charge < -0.3 is 25.8 Å². The first kappa shape index (κ1) is 19.6. The highest BCUT2D eigenvalue weighted by atomic mass is 16.4. The lowest BCUT2D eigenvalue weighted by atomic mass is 9.78. The summed E-state index contributed by atoms with van der Waals surface area (Å²) in [6, 6.07) is 11.4. The number of carbonyl (C=O) groups is 1. The summed E-state index contributed by atoms with van der Waals surface area (Å²) in [5, 5.41) is 35.0. The van der Waals surface area contributed by atoms with Gasteiger partial charge in [-0.25, -0.2) is 0 Å². The Morgan fingerprint density at radius 1 is 1.11 bits per heavy atom. The van der Waals surface area contributed by atoms with Gasteiger partial charge in [0.15, 0.2) is 0 Å². The van der Waals surface area contributed by atoms with Gasteiger partial charge in [0, 0.05) is 29.7 Å². The predicted octanol–water partition coefficient (Wildman–Crippen LogP) is 0.860. The Labute approximate surface area is 162 Å². The van der Waals surface area contributed by atoms with Gasteiger partial charge in [-0.1, -0.05) is 18.2 Å². The number of anilines is 2. The molecule has 0 unspecified atom stereocenters. The van der Waals surface area contributed by atoms with E-state index < -0.39 is 7.12 Å². The summed E-state index contributed by atoms with van der Waals surface area (Å²) < 4.78 is 0. The minimum atomic E-state index is -1.50. The zero-order chi connectivity index (χ0) is 20.1. The molecule has 0 spiro atoms. The largest absolute Gasteiger partial charge is 0.488 e. The maximum atomic E-state index is 9.56. The van der Waals surface area contributed by atoms with Crippen LogP contribution in [0.25, 0.3) is 22.0 Å². The standard InChI is InChI=1S/C18H19BN4O2.CH2O2/c20-16-11-21-22-17-9-12(3-5-14(16)17)15-10-13(19(24)25)4-6-18(15)23-7-1-2-8-23;2-1-3/h3-6,9-11,24-25H,1-2,7-8H2,(H2,20,22);1H,(H,2,3). The van der Waals surface area contributed by atoms with Crippen LogP contribution in [0.2, 0.25) is 0 Å². The van der Waals surface area contributed by atoms with Gasteiger partial charge in [0.2, 0.25) is 0 Å². The number of fused-ring (bicyclic) bond motifs is 1. The Bertz CT molecular complexity index is 977. The number of nitrogens with two attached hydrogens (primary N) is 1. The van der Waals surface area contributed by atoms with Crippen LogP contribution < -0.4 is 16.1 Å². The van der Waals surface area contributed by atoms with Crippen molar-refractivity contribution in [1.29, 1.82) is 0 Å². The second-order valence-electron chi connectivity index (χ2n) is 6.48. The molecule has 0 atom stereocenters. The summed E-state index contributed by atoms with van der Waals surface area (Å²) in [6.07, 6.45) is 3.88. The average molecular weight is 380 g/mol. The Morgan fingerprint density at radius 2 is 1.82 bits per heavy atom. The molecule has 1 aromatic heterocycles. The first-order valence-electron chi connectivity index (χ1n) is 8.89. The van der Waals surface area contributed by atoms with Gasteiger partial charge in [-0.05, 0) is 42.1 Å². The smallest absolute Gasteiger partial charge is 0.483 e. The van der Waals surface area contributed by atoms with Crippen LogP contribution in [0, 0.1) is 0 Å². The molecule has 1 saturated heterocycles. The van der Waals surface area contributed by atoms with Crippen molar-refractivity contribution in [3.8, 4) is 11.1 Å². The highest BCUT2D eigenvalue weighted by Gasteiger charge is 2.20. The van der Waals surface area contributed by atoms with Crippen LogP contribution in [0.3, 0.4) is 0 Å². The van der Waals surface area contributed by atoms with Gasteiger partial charge in [-0.15, -0.1) is 0 Å². The van der Waals surface area contributed by atoms with Crippen LogP contribution in [0.15, 0.2) is 42.6 Å². The number of carboxylic acid groups (broad SMARTS) is 1. The monoisotopic (exact) mass is 380 g/mol. The summed E-state index contributed by atoms with van der Waals surface area (Å²) >= 11 is 0. The van der Waals surface area contributed by atoms with Crippen molar-refractivity contribution >= 4 is 41.3 Å². The van der Waals surface area contributed by atoms with E-state index in [-0.39, 0.29) is 6.47 Å².